The quantitative estimate of drug-likeness (QED) is 0.812. The first-order chi connectivity index (χ1) is 13.2. The van der Waals surface area contributed by atoms with E-state index in [2.05, 4.69) is 48.5 Å². The van der Waals surface area contributed by atoms with Crippen molar-refractivity contribution in [2.24, 2.45) is 0 Å². The SMILES string of the molecule is CC(C)N1CCC(N2CCN(c3ncnc4nc[nH]c34)C[C@H]2CCO)CC1. The molecule has 0 unspecified atom stereocenters. The average molecular weight is 374 g/mol. The van der Waals surface area contributed by atoms with Crippen molar-refractivity contribution in [3.63, 3.8) is 0 Å². The van der Waals surface area contributed by atoms with Gasteiger partial charge in [-0.05, 0) is 46.2 Å². The largest absolute Gasteiger partial charge is 0.396 e. The number of aromatic amines is 1. The molecule has 148 valence electrons. The monoisotopic (exact) mass is 373 g/mol. The Morgan fingerprint density at radius 1 is 1.15 bits per heavy atom. The van der Waals surface area contributed by atoms with Gasteiger partial charge in [-0.25, -0.2) is 15.0 Å². The van der Waals surface area contributed by atoms with Gasteiger partial charge in [-0.15, -0.1) is 0 Å². The van der Waals surface area contributed by atoms with E-state index >= 15 is 0 Å². The number of nitrogens with one attached hydrogen (secondary N) is 1. The van der Waals surface area contributed by atoms with Gasteiger partial charge >= 0.3 is 0 Å². The maximum Gasteiger partial charge on any atom is 0.182 e. The van der Waals surface area contributed by atoms with Crippen LogP contribution in [0.25, 0.3) is 11.2 Å². The van der Waals surface area contributed by atoms with Crippen LogP contribution < -0.4 is 4.90 Å². The van der Waals surface area contributed by atoms with Gasteiger partial charge < -0.3 is 19.9 Å². The maximum absolute atomic E-state index is 9.65. The zero-order valence-corrected chi connectivity index (χ0v) is 16.4. The molecule has 0 aliphatic carbocycles. The van der Waals surface area contributed by atoms with Crippen molar-refractivity contribution in [2.45, 2.75) is 51.2 Å². The zero-order chi connectivity index (χ0) is 18.8. The number of H-pyrrole nitrogens is 1. The Bertz CT molecular complexity index is 740. The van der Waals surface area contributed by atoms with Crippen molar-refractivity contribution in [3.8, 4) is 0 Å². The molecule has 8 heteroatoms. The lowest BCUT2D eigenvalue weighted by Gasteiger charge is -2.48. The van der Waals surface area contributed by atoms with Crippen LogP contribution in [0.15, 0.2) is 12.7 Å². The smallest absolute Gasteiger partial charge is 0.182 e. The number of rotatable bonds is 5. The van der Waals surface area contributed by atoms with Crippen molar-refractivity contribution in [2.75, 3.05) is 44.2 Å². The van der Waals surface area contributed by atoms with E-state index in [0.29, 0.717) is 23.8 Å². The Morgan fingerprint density at radius 2 is 1.96 bits per heavy atom. The molecule has 0 spiro atoms. The van der Waals surface area contributed by atoms with Crippen molar-refractivity contribution >= 4 is 17.0 Å². The third kappa shape index (κ3) is 3.79. The fourth-order valence-corrected chi connectivity index (χ4v) is 4.67. The summed E-state index contributed by atoms with van der Waals surface area (Å²) in [6.45, 7) is 9.98. The summed E-state index contributed by atoms with van der Waals surface area (Å²) in [5.41, 5.74) is 1.61. The first kappa shape index (κ1) is 18.6. The van der Waals surface area contributed by atoms with Crippen LogP contribution in [0.2, 0.25) is 0 Å². The molecule has 2 aromatic rings. The number of anilines is 1. The Morgan fingerprint density at radius 3 is 2.70 bits per heavy atom. The molecule has 2 fully saturated rings. The van der Waals surface area contributed by atoms with E-state index in [1.807, 2.05) is 0 Å². The summed E-state index contributed by atoms with van der Waals surface area (Å²) in [7, 11) is 0. The molecule has 8 nitrogen and oxygen atoms in total. The second-order valence-corrected chi connectivity index (χ2v) is 8.01. The summed E-state index contributed by atoms with van der Waals surface area (Å²) in [4.78, 5) is 23.7. The van der Waals surface area contributed by atoms with Crippen LogP contribution in [0.3, 0.4) is 0 Å². The molecule has 2 saturated heterocycles. The minimum Gasteiger partial charge on any atom is -0.396 e. The van der Waals surface area contributed by atoms with E-state index in [0.717, 1.165) is 37.4 Å². The Hall–Kier alpha value is -1.77. The van der Waals surface area contributed by atoms with Crippen LogP contribution in [0.1, 0.15) is 33.1 Å². The van der Waals surface area contributed by atoms with E-state index < -0.39 is 0 Å². The van der Waals surface area contributed by atoms with Gasteiger partial charge in [-0.2, -0.15) is 0 Å². The molecule has 2 aliphatic heterocycles. The van der Waals surface area contributed by atoms with Crippen molar-refractivity contribution < 1.29 is 5.11 Å². The molecule has 2 aliphatic rings. The highest BCUT2D eigenvalue weighted by Crippen LogP contribution is 2.27. The summed E-state index contributed by atoms with van der Waals surface area (Å²) in [6.07, 6.45) is 6.51. The summed E-state index contributed by atoms with van der Waals surface area (Å²) in [5.74, 6) is 0.926. The summed E-state index contributed by atoms with van der Waals surface area (Å²) >= 11 is 0. The molecule has 0 amide bonds. The fraction of sp³-hybridized carbons (Fsp3) is 0.737. The molecule has 2 aromatic heterocycles. The number of aromatic nitrogens is 4. The van der Waals surface area contributed by atoms with Crippen molar-refractivity contribution in [1.29, 1.82) is 0 Å². The minimum atomic E-state index is 0.225. The first-order valence-corrected chi connectivity index (χ1v) is 10.2. The third-order valence-electron chi connectivity index (χ3n) is 6.19. The minimum absolute atomic E-state index is 0.225. The van der Waals surface area contributed by atoms with Crippen LogP contribution in [-0.2, 0) is 0 Å². The summed E-state index contributed by atoms with van der Waals surface area (Å²) in [6, 6.07) is 1.61. The van der Waals surface area contributed by atoms with Gasteiger partial charge in [0.15, 0.2) is 11.5 Å². The molecule has 1 atom stereocenters. The number of nitrogens with zero attached hydrogens (tertiary/aromatic N) is 6. The van der Waals surface area contributed by atoms with Crippen LogP contribution in [0, 0.1) is 0 Å². The highest BCUT2D eigenvalue weighted by atomic mass is 16.3. The Kier molecular flexibility index (Phi) is 5.56. The summed E-state index contributed by atoms with van der Waals surface area (Å²) in [5, 5.41) is 9.65. The van der Waals surface area contributed by atoms with Gasteiger partial charge in [-0.3, -0.25) is 4.90 Å². The molecule has 4 rings (SSSR count). The molecule has 4 heterocycles. The molecule has 27 heavy (non-hydrogen) atoms. The number of fused-ring (bicyclic) bond motifs is 1. The third-order valence-corrected chi connectivity index (χ3v) is 6.19. The Balaban J connectivity index is 1.47. The molecular formula is C19H31N7O. The lowest BCUT2D eigenvalue weighted by atomic mass is 9.97. The van der Waals surface area contributed by atoms with Gasteiger partial charge in [0.25, 0.3) is 0 Å². The number of hydrogen-bond donors (Lipinski definition) is 2. The molecule has 0 bridgehead atoms. The number of imidazole rings is 1. The van der Waals surface area contributed by atoms with Crippen LogP contribution >= 0.6 is 0 Å². The lowest BCUT2D eigenvalue weighted by molar-refractivity contribution is 0.0463. The summed E-state index contributed by atoms with van der Waals surface area (Å²) < 4.78 is 0. The fourth-order valence-electron chi connectivity index (χ4n) is 4.67. The number of piperazine rings is 1. The van der Waals surface area contributed by atoms with E-state index in [9.17, 15) is 5.11 Å². The number of hydrogen-bond acceptors (Lipinski definition) is 7. The second kappa shape index (κ2) is 8.08. The van der Waals surface area contributed by atoms with Crippen LogP contribution in [-0.4, -0.2) is 92.3 Å². The van der Waals surface area contributed by atoms with Crippen LogP contribution in [0.5, 0.6) is 0 Å². The Labute approximate surface area is 160 Å². The normalized spacial score (nSPS) is 23.6. The molecule has 0 aromatic carbocycles. The molecule has 0 saturated carbocycles. The van der Waals surface area contributed by atoms with E-state index in [4.69, 9.17) is 0 Å². The zero-order valence-electron chi connectivity index (χ0n) is 16.4. The van der Waals surface area contributed by atoms with Crippen molar-refractivity contribution in [3.05, 3.63) is 12.7 Å². The lowest BCUT2D eigenvalue weighted by Crippen LogP contribution is -2.59. The highest BCUT2D eigenvalue weighted by Gasteiger charge is 2.34. The number of piperidine rings is 1. The van der Waals surface area contributed by atoms with Crippen molar-refractivity contribution in [1.82, 2.24) is 29.7 Å². The standard InChI is InChI=1S/C19H31N7O/c1-14(2)24-6-3-15(4-7-24)26-9-8-25(11-16(26)5-10-27)19-17-18(21-12-20-17)22-13-23-19/h12-16,27H,3-11H2,1-2H3,(H,20,21,22,23)/t16-/m1/s1. The van der Waals surface area contributed by atoms with Crippen LogP contribution in [0.4, 0.5) is 5.82 Å². The van der Waals surface area contributed by atoms with Gasteiger partial charge in [-0.1, -0.05) is 0 Å². The van der Waals surface area contributed by atoms with Gasteiger partial charge in [0.1, 0.15) is 11.8 Å². The number of likely N-dealkylation sites (tertiary alicyclic amines) is 1. The van der Waals surface area contributed by atoms with E-state index in [-0.39, 0.29) is 6.61 Å². The maximum atomic E-state index is 9.65. The number of aliphatic hydroxyl groups is 1. The average Bonchev–Trinajstić information content (AvgIpc) is 3.17. The van der Waals surface area contributed by atoms with Gasteiger partial charge in [0, 0.05) is 44.4 Å². The van der Waals surface area contributed by atoms with Gasteiger partial charge in [0.05, 0.1) is 6.33 Å². The predicted molar refractivity (Wildman–Crippen MR) is 106 cm³/mol. The topological polar surface area (TPSA) is 84.4 Å². The van der Waals surface area contributed by atoms with Gasteiger partial charge in [0.2, 0.25) is 0 Å². The molecule has 2 N–H and O–H groups in total. The highest BCUT2D eigenvalue weighted by molar-refractivity contribution is 5.82. The first-order valence-electron chi connectivity index (χ1n) is 10.2. The second-order valence-electron chi connectivity index (χ2n) is 8.01. The molecule has 0 radical (unpaired) electrons. The predicted octanol–water partition coefficient (Wildman–Crippen LogP) is 1.10. The number of aliphatic hydroxyl groups excluding tert-OH is 1. The molecular weight excluding hydrogens is 342 g/mol. The van der Waals surface area contributed by atoms with E-state index in [1.165, 1.54) is 25.9 Å². The van der Waals surface area contributed by atoms with E-state index in [1.54, 1.807) is 12.7 Å².